The van der Waals surface area contributed by atoms with Crippen LogP contribution >= 0.6 is 0 Å². The first-order chi connectivity index (χ1) is 5.00. The van der Waals surface area contributed by atoms with Crippen molar-refractivity contribution in [3.8, 4) is 0 Å². The summed E-state index contributed by atoms with van der Waals surface area (Å²) in [5.41, 5.74) is 0. The molecule has 54 valence electrons. The molecule has 0 aromatic carbocycles. The maximum absolute atomic E-state index is 3.71. The molecule has 4 heteroatoms. The minimum absolute atomic E-state index is 0.917. The first kappa shape index (κ1) is 7.05. The van der Waals surface area contributed by atoms with Crippen LogP contribution in [0.25, 0.3) is 0 Å². The van der Waals surface area contributed by atoms with Crippen LogP contribution in [0.1, 0.15) is 12.8 Å². The van der Waals surface area contributed by atoms with Gasteiger partial charge in [0.25, 0.3) is 0 Å². The maximum atomic E-state index is 3.71. The highest BCUT2D eigenvalue weighted by molar-refractivity contribution is 5.82. The van der Waals surface area contributed by atoms with Crippen molar-refractivity contribution in [2.75, 3.05) is 13.1 Å². The quantitative estimate of drug-likeness (QED) is 0.484. The molecule has 0 N–H and O–H groups in total. The molecule has 0 fully saturated rings. The van der Waals surface area contributed by atoms with Crippen LogP contribution < -0.4 is 0 Å². The Balaban J connectivity index is 0.0000001000. The molecule has 4 nitrogen and oxygen atoms in total. The lowest BCUT2D eigenvalue weighted by Crippen LogP contribution is -1.68. The lowest BCUT2D eigenvalue weighted by atomic mass is 10.5. The Morgan fingerprint density at radius 3 is 1.70 bits per heavy atom. The van der Waals surface area contributed by atoms with Crippen molar-refractivity contribution >= 4 is 12.4 Å². The van der Waals surface area contributed by atoms with Gasteiger partial charge in [0, 0.05) is 18.9 Å². The molecule has 0 spiro atoms. The molecule has 0 aromatic heterocycles. The molecule has 10 heavy (non-hydrogen) atoms. The largest absolute Gasteiger partial charge is 0.194 e. The Morgan fingerprint density at radius 2 is 1.50 bits per heavy atom. The van der Waals surface area contributed by atoms with Gasteiger partial charge in [0.15, 0.2) is 0 Å². The summed E-state index contributed by atoms with van der Waals surface area (Å²) in [5, 5.41) is 14.5. The van der Waals surface area contributed by atoms with Gasteiger partial charge in [-0.15, -0.1) is 0 Å². The molecule has 0 bridgehead atoms. The topological polar surface area (TPSA) is 49.4 Å². The zero-order valence-corrected chi connectivity index (χ0v) is 5.77. The van der Waals surface area contributed by atoms with Crippen molar-refractivity contribution in [3.05, 3.63) is 0 Å². The number of hydrogen-bond acceptors (Lipinski definition) is 4. The highest BCUT2D eigenvalue weighted by Crippen LogP contribution is 1.91. The van der Waals surface area contributed by atoms with E-state index in [1.54, 1.807) is 12.4 Å². The molecule has 0 aromatic rings. The molecule has 2 aliphatic heterocycles. The summed E-state index contributed by atoms with van der Waals surface area (Å²) in [6, 6.07) is 0. The predicted octanol–water partition coefficient (Wildman–Crippen LogP) is 1.29. The van der Waals surface area contributed by atoms with Crippen molar-refractivity contribution in [1.29, 1.82) is 0 Å². The zero-order chi connectivity index (χ0) is 7.07. The molecule has 0 saturated heterocycles. The highest BCUT2D eigenvalue weighted by atomic mass is 15.2. The van der Waals surface area contributed by atoms with Crippen molar-refractivity contribution in [2.45, 2.75) is 12.8 Å². The number of rotatable bonds is 0. The van der Waals surface area contributed by atoms with Gasteiger partial charge in [-0.1, -0.05) is 0 Å². The van der Waals surface area contributed by atoms with Gasteiger partial charge in [-0.3, -0.25) is 0 Å². The van der Waals surface area contributed by atoms with Gasteiger partial charge < -0.3 is 0 Å². The molecular formula is C6H10N4. The molecular weight excluding hydrogens is 128 g/mol. The van der Waals surface area contributed by atoms with E-state index in [0.29, 0.717) is 0 Å². The van der Waals surface area contributed by atoms with Crippen molar-refractivity contribution in [2.24, 2.45) is 20.4 Å². The van der Waals surface area contributed by atoms with E-state index in [1.165, 1.54) is 6.42 Å². The van der Waals surface area contributed by atoms with Crippen LogP contribution in [0.3, 0.4) is 0 Å². The van der Waals surface area contributed by atoms with Gasteiger partial charge in [-0.05, 0) is 6.42 Å². The molecule has 2 heterocycles. The smallest absolute Gasteiger partial charge is 0.0617 e. The van der Waals surface area contributed by atoms with Gasteiger partial charge in [0.05, 0.1) is 13.1 Å². The lowest BCUT2D eigenvalue weighted by molar-refractivity contribution is 0.979. The van der Waals surface area contributed by atoms with Crippen LogP contribution in [0, 0.1) is 0 Å². The lowest BCUT2D eigenvalue weighted by Gasteiger charge is -1.63. The molecule has 0 saturated carbocycles. The van der Waals surface area contributed by atoms with E-state index >= 15 is 0 Å². The third-order valence-corrected chi connectivity index (χ3v) is 1.06. The Kier molecular flexibility index (Phi) is 3.37. The summed E-state index contributed by atoms with van der Waals surface area (Å²) >= 11 is 0. The first-order valence-corrected chi connectivity index (χ1v) is 3.37. The molecule has 0 atom stereocenters. The minimum atomic E-state index is 0.917. The monoisotopic (exact) mass is 138 g/mol. The Hall–Kier alpha value is -1.06. The Bertz CT molecular complexity index is 143. The predicted molar refractivity (Wildman–Crippen MR) is 40.8 cm³/mol. The van der Waals surface area contributed by atoms with Crippen LogP contribution in [0.15, 0.2) is 20.4 Å². The average molecular weight is 138 g/mol. The molecule has 2 aliphatic rings. The van der Waals surface area contributed by atoms with E-state index in [2.05, 4.69) is 20.4 Å². The molecule has 0 unspecified atom stereocenters. The fourth-order valence-electron chi connectivity index (χ4n) is 0.589. The van der Waals surface area contributed by atoms with E-state index in [-0.39, 0.29) is 0 Å². The fourth-order valence-corrected chi connectivity index (χ4v) is 0.589. The minimum Gasteiger partial charge on any atom is -0.194 e. The van der Waals surface area contributed by atoms with Gasteiger partial charge in [-0.25, -0.2) is 0 Å². The van der Waals surface area contributed by atoms with Crippen LogP contribution in [-0.2, 0) is 0 Å². The van der Waals surface area contributed by atoms with Crippen molar-refractivity contribution < 1.29 is 0 Å². The summed E-state index contributed by atoms with van der Waals surface area (Å²) in [5.74, 6) is 0. The second-order valence-corrected chi connectivity index (χ2v) is 1.92. The average Bonchev–Trinajstić information content (AvgIpc) is 2.67. The van der Waals surface area contributed by atoms with E-state index in [0.717, 1.165) is 19.5 Å². The van der Waals surface area contributed by atoms with Gasteiger partial charge in [0.2, 0.25) is 0 Å². The van der Waals surface area contributed by atoms with Crippen molar-refractivity contribution in [3.63, 3.8) is 0 Å². The van der Waals surface area contributed by atoms with Crippen LogP contribution in [-0.4, -0.2) is 25.5 Å². The van der Waals surface area contributed by atoms with Crippen molar-refractivity contribution in [1.82, 2.24) is 0 Å². The summed E-state index contributed by atoms with van der Waals surface area (Å²) in [4.78, 5) is 0. The van der Waals surface area contributed by atoms with E-state index in [9.17, 15) is 0 Å². The van der Waals surface area contributed by atoms with Crippen LogP contribution in [0.2, 0.25) is 0 Å². The molecule has 0 amide bonds. The van der Waals surface area contributed by atoms with Gasteiger partial charge in [0.1, 0.15) is 0 Å². The summed E-state index contributed by atoms with van der Waals surface area (Å²) < 4.78 is 0. The normalized spacial score (nSPS) is 19.2. The van der Waals surface area contributed by atoms with Gasteiger partial charge >= 0.3 is 0 Å². The van der Waals surface area contributed by atoms with E-state index < -0.39 is 0 Å². The zero-order valence-electron chi connectivity index (χ0n) is 5.77. The van der Waals surface area contributed by atoms with Crippen LogP contribution in [0.4, 0.5) is 0 Å². The number of hydrogen-bond donors (Lipinski definition) is 0. The SMILES string of the molecule is C1=NN=CC1.C1CN=NC1. The summed E-state index contributed by atoms with van der Waals surface area (Å²) in [7, 11) is 0. The number of nitrogens with zero attached hydrogens (tertiary/aromatic N) is 4. The maximum Gasteiger partial charge on any atom is 0.0617 e. The molecule has 0 aliphatic carbocycles. The third kappa shape index (κ3) is 3.06. The summed E-state index contributed by atoms with van der Waals surface area (Å²) in [6.45, 7) is 1.92. The third-order valence-electron chi connectivity index (χ3n) is 1.06. The fraction of sp³-hybridized carbons (Fsp3) is 0.667. The van der Waals surface area contributed by atoms with Crippen LogP contribution in [0.5, 0.6) is 0 Å². The van der Waals surface area contributed by atoms with E-state index in [4.69, 9.17) is 0 Å². The number of azo groups is 1. The van der Waals surface area contributed by atoms with E-state index in [1.807, 2.05) is 0 Å². The first-order valence-electron chi connectivity index (χ1n) is 3.37. The molecule has 0 radical (unpaired) electrons. The second kappa shape index (κ2) is 4.78. The Labute approximate surface area is 59.8 Å². The molecule has 2 rings (SSSR count). The Morgan fingerprint density at radius 1 is 0.900 bits per heavy atom. The second-order valence-electron chi connectivity index (χ2n) is 1.92. The highest BCUT2D eigenvalue weighted by Gasteiger charge is 1.87. The van der Waals surface area contributed by atoms with Gasteiger partial charge in [-0.2, -0.15) is 20.4 Å². The summed E-state index contributed by atoms with van der Waals surface area (Å²) in [6.07, 6.45) is 5.61. The standard InChI is InChI=1S/C3H6N2.C3H4N2/c2*1-2-4-5-3-1/h1-3H2;2-3H,1H2.